The van der Waals surface area contributed by atoms with Crippen LogP contribution in [0.3, 0.4) is 0 Å². The summed E-state index contributed by atoms with van der Waals surface area (Å²) in [6.07, 6.45) is -5.02. The van der Waals surface area contributed by atoms with Gasteiger partial charge >= 0.3 is 6.18 Å². The van der Waals surface area contributed by atoms with Gasteiger partial charge in [0.05, 0.1) is 0 Å². The van der Waals surface area contributed by atoms with Gasteiger partial charge in [0, 0.05) is 11.8 Å². The molecule has 0 saturated heterocycles. The highest BCUT2D eigenvalue weighted by atomic mass is 19.4. The number of aliphatic hydroxyl groups is 1. The van der Waals surface area contributed by atoms with Gasteiger partial charge in [-0.3, -0.25) is 9.78 Å². The van der Waals surface area contributed by atoms with Crippen molar-refractivity contribution in [3.63, 3.8) is 0 Å². The number of carbonyl (C=O) groups excluding carboxylic acids is 1. The van der Waals surface area contributed by atoms with Crippen molar-refractivity contribution in [1.29, 1.82) is 0 Å². The van der Waals surface area contributed by atoms with E-state index in [-0.39, 0.29) is 5.56 Å². The molecule has 1 unspecified atom stereocenters. The van der Waals surface area contributed by atoms with Crippen LogP contribution in [-0.4, -0.2) is 16.0 Å². The number of rotatable bonds is 3. The Bertz CT molecular complexity index is 654. The van der Waals surface area contributed by atoms with Gasteiger partial charge in [0.15, 0.2) is 6.10 Å². The van der Waals surface area contributed by atoms with Crippen LogP contribution in [0, 0.1) is 0 Å². The lowest BCUT2D eigenvalue weighted by Gasteiger charge is -2.13. The van der Waals surface area contributed by atoms with Gasteiger partial charge in [0.1, 0.15) is 5.69 Å². The fourth-order valence-corrected chi connectivity index (χ4v) is 1.87. The Hall–Kier alpha value is -2.41. The minimum absolute atomic E-state index is 0.214. The molecule has 0 radical (unpaired) electrons. The molecule has 21 heavy (non-hydrogen) atoms. The standard InChI is InChI=1S/C14H11F3N2O2/c15-14(16,17)11-6-5-8(7-19-11)9-3-1-2-4-10(9)12(20)13(18)21/h1-7,12,20H,(H2,18,21). The predicted molar refractivity (Wildman–Crippen MR) is 68.8 cm³/mol. The molecule has 0 aliphatic heterocycles. The molecule has 1 amide bonds. The second kappa shape index (κ2) is 5.53. The first-order valence-electron chi connectivity index (χ1n) is 5.90. The maximum atomic E-state index is 12.5. The SMILES string of the molecule is NC(=O)C(O)c1ccccc1-c1ccc(C(F)(F)F)nc1. The number of amides is 1. The fourth-order valence-electron chi connectivity index (χ4n) is 1.87. The van der Waals surface area contributed by atoms with Crippen LogP contribution < -0.4 is 5.73 Å². The number of nitrogens with two attached hydrogens (primary N) is 1. The van der Waals surface area contributed by atoms with E-state index in [1.165, 1.54) is 12.1 Å². The van der Waals surface area contributed by atoms with Gasteiger partial charge in [-0.05, 0) is 17.2 Å². The molecule has 0 aliphatic carbocycles. The average molecular weight is 296 g/mol. The number of hydrogen-bond acceptors (Lipinski definition) is 3. The highest BCUT2D eigenvalue weighted by molar-refractivity contribution is 5.83. The third kappa shape index (κ3) is 3.19. The number of aromatic nitrogens is 1. The number of primary amides is 1. The molecule has 1 aromatic heterocycles. The summed E-state index contributed by atoms with van der Waals surface area (Å²) in [5.74, 6) is -0.942. The Morgan fingerprint density at radius 2 is 1.86 bits per heavy atom. The second-order valence-electron chi connectivity index (χ2n) is 4.32. The summed E-state index contributed by atoms with van der Waals surface area (Å²) in [5.41, 5.74) is 4.98. The zero-order valence-electron chi connectivity index (χ0n) is 10.6. The van der Waals surface area contributed by atoms with Gasteiger partial charge in [0.2, 0.25) is 0 Å². The van der Waals surface area contributed by atoms with Crippen LogP contribution in [0.25, 0.3) is 11.1 Å². The normalized spacial score (nSPS) is 13.0. The summed E-state index contributed by atoms with van der Waals surface area (Å²) < 4.78 is 37.4. The van der Waals surface area contributed by atoms with Crippen molar-refractivity contribution in [1.82, 2.24) is 4.98 Å². The summed E-state index contributed by atoms with van der Waals surface area (Å²) in [6, 6.07) is 8.31. The van der Waals surface area contributed by atoms with E-state index in [0.29, 0.717) is 11.1 Å². The van der Waals surface area contributed by atoms with Crippen LogP contribution in [0.1, 0.15) is 17.4 Å². The highest BCUT2D eigenvalue weighted by Crippen LogP contribution is 2.31. The quantitative estimate of drug-likeness (QED) is 0.912. The number of benzene rings is 1. The highest BCUT2D eigenvalue weighted by Gasteiger charge is 2.32. The predicted octanol–water partition coefficient (Wildman–Crippen LogP) is 2.29. The van der Waals surface area contributed by atoms with Crippen molar-refractivity contribution in [3.05, 3.63) is 53.9 Å². The molecular weight excluding hydrogens is 285 g/mol. The van der Waals surface area contributed by atoms with E-state index < -0.39 is 23.9 Å². The Labute approximate surface area is 118 Å². The van der Waals surface area contributed by atoms with Crippen molar-refractivity contribution < 1.29 is 23.1 Å². The monoisotopic (exact) mass is 296 g/mol. The van der Waals surface area contributed by atoms with Crippen LogP contribution in [0.15, 0.2) is 42.6 Å². The maximum absolute atomic E-state index is 12.5. The van der Waals surface area contributed by atoms with Crippen molar-refractivity contribution in [2.75, 3.05) is 0 Å². The molecule has 7 heteroatoms. The van der Waals surface area contributed by atoms with Gasteiger partial charge in [-0.1, -0.05) is 30.3 Å². The van der Waals surface area contributed by atoms with Gasteiger partial charge in [-0.25, -0.2) is 0 Å². The van der Waals surface area contributed by atoms with E-state index in [1.54, 1.807) is 18.2 Å². The van der Waals surface area contributed by atoms with E-state index in [1.807, 2.05) is 0 Å². The molecule has 0 saturated carbocycles. The second-order valence-corrected chi connectivity index (χ2v) is 4.32. The molecule has 4 nitrogen and oxygen atoms in total. The summed E-state index contributed by atoms with van der Waals surface area (Å²) in [5, 5.41) is 9.75. The Morgan fingerprint density at radius 1 is 1.19 bits per heavy atom. The first-order chi connectivity index (χ1) is 9.80. The van der Waals surface area contributed by atoms with Gasteiger partial charge < -0.3 is 10.8 Å². The number of hydrogen-bond donors (Lipinski definition) is 2. The molecule has 0 spiro atoms. The zero-order chi connectivity index (χ0) is 15.6. The Kier molecular flexibility index (Phi) is 3.95. The van der Waals surface area contributed by atoms with Gasteiger partial charge in [-0.15, -0.1) is 0 Å². The van der Waals surface area contributed by atoms with Crippen molar-refractivity contribution in [2.24, 2.45) is 5.73 Å². The summed E-state index contributed by atoms with van der Waals surface area (Å²) >= 11 is 0. The van der Waals surface area contributed by atoms with Gasteiger partial charge in [-0.2, -0.15) is 13.2 Å². The summed E-state index contributed by atoms with van der Waals surface area (Å²) in [7, 11) is 0. The number of alkyl halides is 3. The molecule has 3 N–H and O–H groups in total. The van der Waals surface area contributed by atoms with Crippen molar-refractivity contribution in [3.8, 4) is 11.1 Å². The van der Waals surface area contributed by atoms with Crippen LogP contribution in [0.2, 0.25) is 0 Å². The fraction of sp³-hybridized carbons (Fsp3) is 0.143. The largest absolute Gasteiger partial charge is 0.433 e. The van der Waals surface area contributed by atoms with Crippen LogP contribution in [0.4, 0.5) is 13.2 Å². The first kappa shape index (κ1) is 15.0. The molecule has 2 aromatic rings. The van der Waals surface area contributed by atoms with Gasteiger partial charge in [0.25, 0.3) is 5.91 Å². The molecule has 0 bridgehead atoms. The first-order valence-corrected chi connectivity index (χ1v) is 5.90. The number of halogens is 3. The molecule has 110 valence electrons. The number of nitrogens with zero attached hydrogens (tertiary/aromatic N) is 1. The lowest BCUT2D eigenvalue weighted by atomic mass is 9.97. The summed E-state index contributed by atoms with van der Waals surface area (Å²) in [4.78, 5) is 14.4. The molecular formula is C14H11F3N2O2. The molecule has 1 atom stereocenters. The Balaban J connectivity index is 2.45. The van der Waals surface area contributed by atoms with Crippen molar-refractivity contribution >= 4 is 5.91 Å². The van der Waals surface area contributed by atoms with Crippen LogP contribution in [0.5, 0.6) is 0 Å². The van der Waals surface area contributed by atoms with Crippen LogP contribution >= 0.6 is 0 Å². The molecule has 0 fully saturated rings. The van der Waals surface area contributed by atoms with Crippen molar-refractivity contribution in [2.45, 2.75) is 12.3 Å². The lowest BCUT2D eigenvalue weighted by molar-refractivity contribution is -0.141. The minimum atomic E-state index is -4.52. The molecule has 0 aliphatic rings. The summed E-state index contributed by atoms with van der Waals surface area (Å²) in [6.45, 7) is 0. The molecule has 1 aromatic carbocycles. The zero-order valence-corrected chi connectivity index (χ0v) is 10.6. The van der Waals surface area contributed by atoms with E-state index in [2.05, 4.69) is 4.98 Å². The third-order valence-electron chi connectivity index (χ3n) is 2.89. The average Bonchev–Trinajstić information content (AvgIpc) is 2.45. The van der Waals surface area contributed by atoms with E-state index in [4.69, 9.17) is 5.73 Å². The van der Waals surface area contributed by atoms with E-state index in [9.17, 15) is 23.1 Å². The van der Waals surface area contributed by atoms with E-state index >= 15 is 0 Å². The van der Waals surface area contributed by atoms with E-state index in [0.717, 1.165) is 12.3 Å². The minimum Gasteiger partial charge on any atom is -0.378 e. The Morgan fingerprint density at radius 3 is 2.38 bits per heavy atom. The number of pyridine rings is 1. The molecule has 2 rings (SSSR count). The third-order valence-corrected chi connectivity index (χ3v) is 2.89. The maximum Gasteiger partial charge on any atom is 0.433 e. The lowest BCUT2D eigenvalue weighted by Crippen LogP contribution is -2.21. The number of aliphatic hydroxyl groups excluding tert-OH is 1. The number of carbonyl (C=O) groups is 1. The topological polar surface area (TPSA) is 76.2 Å². The van der Waals surface area contributed by atoms with Crippen LogP contribution in [-0.2, 0) is 11.0 Å². The molecule has 1 heterocycles. The smallest absolute Gasteiger partial charge is 0.378 e.